The molecule has 3 amide bonds. The van der Waals surface area contributed by atoms with Crippen LogP contribution < -0.4 is 10.6 Å². The van der Waals surface area contributed by atoms with E-state index in [4.69, 9.17) is 9.57 Å². The lowest BCUT2D eigenvalue weighted by Gasteiger charge is -2.30. The largest absolute Gasteiger partial charge is 0.438 e. The maximum absolute atomic E-state index is 13.3. The highest BCUT2D eigenvalue weighted by Crippen LogP contribution is 2.36. The van der Waals surface area contributed by atoms with E-state index in [2.05, 4.69) is 24.5 Å². The van der Waals surface area contributed by atoms with E-state index in [0.717, 1.165) is 44.1 Å². The van der Waals surface area contributed by atoms with Gasteiger partial charge < -0.3 is 20.3 Å². The Morgan fingerprint density at radius 1 is 1.11 bits per heavy atom. The molecule has 0 bridgehead atoms. The summed E-state index contributed by atoms with van der Waals surface area (Å²) in [6, 6.07) is 9.77. The summed E-state index contributed by atoms with van der Waals surface area (Å²) in [4.78, 5) is 46.8. The van der Waals surface area contributed by atoms with Crippen molar-refractivity contribution in [1.82, 2.24) is 20.6 Å². The number of urea groups is 1. The zero-order valence-corrected chi connectivity index (χ0v) is 23.3. The van der Waals surface area contributed by atoms with E-state index in [-0.39, 0.29) is 29.3 Å². The molecular weight excluding hydrogens is 484 g/mol. The second kappa shape index (κ2) is 12.5. The molecule has 1 aromatic carbocycles. The van der Waals surface area contributed by atoms with Crippen LogP contribution in [0.2, 0.25) is 0 Å². The Bertz CT molecular complexity index is 965. The molecule has 5 atom stereocenters. The van der Waals surface area contributed by atoms with Gasteiger partial charge in [0.05, 0.1) is 6.04 Å². The number of Topliss-reactive ketones (excluding diaryl/α,β-unsaturated/α-hetero) is 1. The second-order valence-electron chi connectivity index (χ2n) is 11.8. The molecule has 3 fully saturated rings. The number of carbonyl (C=O) groups is 3. The number of unbranched alkanes of at least 4 members (excludes halogenated alkanes) is 1. The summed E-state index contributed by atoms with van der Waals surface area (Å²) in [7, 11) is 0. The third kappa shape index (κ3) is 7.26. The number of hydrogen-bond donors (Lipinski definition) is 2. The van der Waals surface area contributed by atoms with Gasteiger partial charge in [-0.15, -0.1) is 5.06 Å². The first kappa shape index (κ1) is 28.4. The van der Waals surface area contributed by atoms with Gasteiger partial charge in [0.15, 0.2) is 6.10 Å². The van der Waals surface area contributed by atoms with Crippen molar-refractivity contribution >= 4 is 17.9 Å². The molecular formula is C29H44N4O5. The van der Waals surface area contributed by atoms with Gasteiger partial charge in [-0.3, -0.25) is 9.63 Å². The summed E-state index contributed by atoms with van der Waals surface area (Å²) in [6.45, 7) is 8.72. The van der Waals surface area contributed by atoms with Crippen LogP contribution in [0.25, 0.3) is 0 Å². The summed E-state index contributed by atoms with van der Waals surface area (Å²) >= 11 is 0. The number of amides is 3. The third-order valence-corrected chi connectivity index (χ3v) is 7.90. The Morgan fingerprint density at radius 3 is 2.50 bits per heavy atom. The van der Waals surface area contributed by atoms with Gasteiger partial charge in [0.1, 0.15) is 6.17 Å². The van der Waals surface area contributed by atoms with Crippen molar-refractivity contribution in [2.24, 2.45) is 5.41 Å². The molecule has 38 heavy (non-hydrogen) atoms. The van der Waals surface area contributed by atoms with Crippen LogP contribution in [0, 0.1) is 5.41 Å². The second-order valence-corrected chi connectivity index (χ2v) is 11.8. The molecule has 3 unspecified atom stereocenters. The van der Waals surface area contributed by atoms with Gasteiger partial charge in [-0.05, 0) is 50.0 Å². The van der Waals surface area contributed by atoms with Crippen LogP contribution in [0.1, 0.15) is 97.1 Å². The van der Waals surface area contributed by atoms with Gasteiger partial charge in [-0.25, -0.2) is 9.59 Å². The molecule has 1 aliphatic carbocycles. The number of ketones is 1. The fourth-order valence-electron chi connectivity index (χ4n) is 5.66. The minimum absolute atomic E-state index is 0.0947. The fourth-order valence-corrected chi connectivity index (χ4v) is 5.66. The number of nitrogens with zero attached hydrogens (tertiary/aromatic N) is 2. The van der Waals surface area contributed by atoms with Crippen LogP contribution in [0.5, 0.6) is 0 Å². The van der Waals surface area contributed by atoms with Crippen LogP contribution in [-0.4, -0.2) is 59.0 Å². The molecule has 0 aromatic heterocycles. The standard InChI is InChI=1S/C29H44N4O5/c1-5-6-17-23(25(34)26-33(38-26)20(2)21-13-9-7-10-14-21)37-28(36)31-24-18-29(3,4)19-32(24)27(35)30-22-15-11-8-12-16-22/h7,9-10,13-14,20,22-24,26H,5-6,8,11-12,15-19H2,1-4H3,(H,30,35)(H,31,36)/t20-,23+,24?,26?,33?/m1/s1. The van der Waals surface area contributed by atoms with E-state index >= 15 is 0 Å². The molecule has 1 saturated carbocycles. The van der Waals surface area contributed by atoms with Gasteiger partial charge >= 0.3 is 12.1 Å². The van der Waals surface area contributed by atoms with Crippen LogP contribution in [0.3, 0.4) is 0 Å². The molecule has 210 valence electrons. The van der Waals surface area contributed by atoms with E-state index < -0.39 is 24.6 Å². The average molecular weight is 529 g/mol. The Morgan fingerprint density at radius 2 is 1.82 bits per heavy atom. The third-order valence-electron chi connectivity index (χ3n) is 7.90. The first-order valence-corrected chi connectivity index (χ1v) is 14.3. The van der Waals surface area contributed by atoms with Gasteiger partial charge in [-0.2, -0.15) is 0 Å². The Balaban J connectivity index is 1.35. The van der Waals surface area contributed by atoms with E-state index in [9.17, 15) is 14.4 Å². The lowest BCUT2D eigenvalue weighted by molar-refractivity contribution is -0.129. The highest BCUT2D eigenvalue weighted by atomic mass is 16.8. The molecule has 2 aliphatic heterocycles. The van der Waals surface area contributed by atoms with Gasteiger partial charge in [-0.1, -0.05) is 76.8 Å². The number of carbonyl (C=O) groups excluding carboxylic acids is 3. The van der Waals surface area contributed by atoms with Gasteiger partial charge in [0, 0.05) is 12.6 Å². The number of benzene rings is 1. The molecule has 2 heterocycles. The van der Waals surface area contributed by atoms with Crippen LogP contribution in [-0.2, 0) is 14.4 Å². The highest BCUT2D eigenvalue weighted by molar-refractivity contribution is 5.90. The number of hydrogen-bond acceptors (Lipinski definition) is 6. The highest BCUT2D eigenvalue weighted by Gasteiger charge is 2.50. The lowest BCUT2D eigenvalue weighted by atomic mass is 9.92. The van der Waals surface area contributed by atoms with Crippen molar-refractivity contribution in [3.8, 4) is 0 Å². The molecule has 3 aliphatic rings. The minimum Gasteiger partial charge on any atom is -0.438 e. The van der Waals surface area contributed by atoms with Crippen molar-refractivity contribution < 1.29 is 24.0 Å². The summed E-state index contributed by atoms with van der Waals surface area (Å²) in [5.74, 6) is -0.255. The monoisotopic (exact) mass is 528 g/mol. The number of nitrogens with one attached hydrogen (secondary N) is 2. The zero-order valence-electron chi connectivity index (χ0n) is 23.3. The minimum atomic E-state index is -0.910. The molecule has 9 nitrogen and oxygen atoms in total. The maximum Gasteiger partial charge on any atom is 0.409 e. The van der Waals surface area contributed by atoms with Crippen molar-refractivity contribution in [3.63, 3.8) is 0 Å². The summed E-state index contributed by atoms with van der Waals surface area (Å²) < 4.78 is 5.69. The number of ether oxygens (including phenoxy) is 1. The molecule has 9 heteroatoms. The predicted octanol–water partition coefficient (Wildman–Crippen LogP) is 5.28. The number of hydroxylamine groups is 2. The SMILES string of the molecule is CCCC[C@H](OC(=O)NC1CC(C)(C)CN1C(=O)NC1CCCCC1)C(=O)C1ON1[C@H](C)c1ccccc1. The number of likely N-dealkylation sites (tertiary alicyclic amines) is 1. The Labute approximate surface area is 226 Å². The molecule has 2 saturated heterocycles. The van der Waals surface area contributed by atoms with E-state index in [1.807, 2.05) is 44.2 Å². The molecule has 0 radical (unpaired) electrons. The molecule has 4 rings (SSSR count). The van der Waals surface area contributed by atoms with Crippen molar-refractivity contribution in [3.05, 3.63) is 35.9 Å². The maximum atomic E-state index is 13.3. The zero-order chi connectivity index (χ0) is 27.3. The molecule has 0 spiro atoms. The normalized spacial score (nSPS) is 26.3. The summed E-state index contributed by atoms with van der Waals surface area (Å²) in [6.07, 6.45) is 5.30. The quantitative estimate of drug-likeness (QED) is 0.401. The first-order valence-electron chi connectivity index (χ1n) is 14.3. The van der Waals surface area contributed by atoms with E-state index in [1.54, 1.807) is 9.96 Å². The van der Waals surface area contributed by atoms with Crippen molar-refractivity contribution in [2.75, 3.05) is 6.54 Å². The first-order chi connectivity index (χ1) is 18.2. The van der Waals surface area contributed by atoms with Gasteiger partial charge in [0.2, 0.25) is 12.0 Å². The molecule has 2 N–H and O–H groups in total. The van der Waals surface area contributed by atoms with Crippen LogP contribution in [0.4, 0.5) is 9.59 Å². The average Bonchev–Trinajstić information content (AvgIpc) is 3.64. The van der Waals surface area contributed by atoms with E-state index in [1.165, 1.54) is 6.42 Å². The van der Waals surface area contributed by atoms with E-state index in [0.29, 0.717) is 19.4 Å². The number of rotatable bonds is 10. The number of alkyl carbamates (subject to hydrolysis) is 1. The van der Waals surface area contributed by atoms with Crippen molar-refractivity contribution in [1.29, 1.82) is 0 Å². The Kier molecular flexibility index (Phi) is 9.31. The smallest absolute Gasteiger partial charge is 0.409 e. The van der Waals surface area contributed by atoms with Crippen molar-refractivity contribution in [2.45, 2.75) is 116 Å². The lowest BCUT2D eigenvalue weighted by Crippen LogP contribution is -2.53. The predicted molar refractivity (Wildman–Crippen MR) is 144 cm³/mol. The van der Waals surface area contributed by atoms with Crippen LogP contribution in [0.15, 0.2) is 30.3 Å². The van der Waals surface area contributed by atoms with Gasteiger partial charge in [0.25, 0.3) is 0 Å². The van der Waals surface area contributed by atoms with Crippen LogP contribution >= 0.6 is 0 Å². The Hall–Kier alpha value is -2.65. The molecule has 1 aromatic rings. The topological polar surface area (TPSA) is 103 Å². The summed E-state index contributed by atoms with van der Waals surface area (Å²) in [5.41, 5.74) is 0.900. The fraction of sp³-hybridized carbons (Fsp3) is 0.690. The summed E-state index contributed by atoms with van der Waals surface area (Å²) in [5, 5.41) is 7.69.